The molecule has 7 heteroatoms. The second-order valence-electron chi connectivity index (χ2n) is 7.59. The Kier molecular flexibility index (Phi) is 8.12. The molecule has 1 heterocycles. The number of aromatic nitrogens is 1. The maximum Gasteiger partial charge on any atom is 0.272 e. The molecule has 4 rings (SSSR count). The Hall–Kier alpha value is -3.41. The van der Waals surface area contributed by atoms with Gasteiger partial charge in [0.15, 0.2) is 0 Å². The minimum Gasteiger partial charge on any atom is -0.369 e. The number of nitrogens with one attached hydrogen (secondary N) is 1. The summed E-state index contributed by atoms with van der Waals surface area (Å²) in [6.07, 6.45) is 1.62. The van der Waals surface area contributed by atoms with Gasteiger partial charge >= 0.3 is 0 Å². The number of amides is 1. The molecule has 0 saturated heterocycles. The van der Waals surface area contributed by atoms with Crippen LogP contribution >= 0.6 is 23.2 Å². The number of carbonyl (C=O) groups excluding carboxylic acids is 1. The third kappa shape index (κ3) is 5.74. The first-order valence-corrected chi connectivity index (χ1v) is 12.0. The van der Waals surface area contributed by atoms with Crippen molar-refractivity contribution in [2.45, 2.75) is 0 Å². The van der Waals surface area contributed by atoms with Crippen LogP contribution in [0.3, 0.4) is 0 Å². The van der Waals surface area contributed by atoms with Crippen molar-refractivity contribution in [1.29, 1.82) is 0 Å². The summed E-state index contributed by atoms with van der Waals surface area (Å²) < 4.78 is 0. The van der Waals surface area contributed by atoms with E-state index in [0.717, 1.165) is 46.5 Å². The molecule has 172 valence electrons. The Labute approximate surface area is 209 Å². The Morgan fingerprint density at radius 3 is 2.29 bits per heavy atom. The van der Waals surface area contributed by atoms with Gasteiger partial charge in [0, 0.05) is 41.5 Å². The topological polar surface area (TPSA) is 57.6 Å². The number of carbonyl (C=O) groups is 1. The number of nitrogens with zero attached hydrogens (tertiary/aromatic N) is 3. The molecule has 0 aliphatic carbocycles. The van der Waals surface area contributed by atoms with E-state index in [1.165, 1.54) is 0 Å². The fourth-order valence-electron chi connectivity index (χ4n) is 3.69. The van der Waals surface area contributed by atoms with E-state index in [0.29, 0.717) is 17.3 Å². The van der Waals surface area contributed by atoms with Gasteiger partial charge in [-0.25, -0.2) is 10.4 Å². The van der Waals surface area contributed by atoms with Gasteiger partial charge in [0.25, 0.3) is 5.91 Å². The highest BCUT2D eigenvalue weighted by atomic mass is 35.5. The van der Waals surface area contributed by atoms with Crippen LogP contribution in [0.2, 0.25) is 0 Å². The van der Waals surface area contributed by atoms with Crippen molar-refractivity contribution in [3.63, 3.8) is 0 Å². The predicted molar refractivity (Wildman–Crippen MR) is 142 cm³/mol. The Morgan fingerprint density at radius 1 is 0.912 bits per heavy atom. The molecule has 5 nitrogen and oxygen atoms in total. The van der Waals surface area contributed by atoms with Crippen molar-refractivity contribution in [3.8, 4) is 11.3 Å². The summed E-state index contributed by atoms with van der Waals surface area (Å²) in [6.45, 7) is 1.45. The standard InChI is InChI=1S/C27H24Cl2N4O/c28-14-16-33(17-15-29)22-12-10-20(11-13-22)19-30-32-27(34)24-18-26(21-6-2-1-3-7-21)31-25-9-5-4-8-23(24)25/h1-13,18-19H,14-17H2,(H,32,34)/b30-19-. The summed E-state index contributed by atoms with van der Waals surface area (Å²) >= 11 is 11.8. The highest BCUT2D eigenvalue weighted by molar-refractivity contribution is 6.18. The highest BCUT2D eigenvalue weighted by Crippen LogP contribution is 2.24. The van der Waals surface area contributed by atoms with Crippen molar-refractivity contribution in [3.05, 3.63) is 96.1 Å². The molecular weight excluding hydrogens is 467 g/mol. The van der Waals surface area contributed by atoms with Crippen molar-refractivity contribution < 1.29 is 4.79 Å². The van der Waals surface area contributed by atoms with E-state index in [2.05, 4.69) is 15.4 Å². The Morgan fingerprint density at radius 2 is 1.59 bits per heavy atom. The average molecular weight is 491 g/mol. The average Bonchev–Trinajstić information content (AvgIpc) is 2.89. The lowest BCUT2D eigenvalue weighted by Crippen LogP contribution is -2.27. The Balaban J connectivity index is 1.52. The number of benzene rings is 3. The van der Waals surface area contributed by atoms with E-state index in [-0.39, 0.29) is 5.91 Å². The van der Waals surface area contributed by atoms with Crippen LogP contribution in [0.4, 0.5) is 5.69 Å². The minimum absolute atomic E-state index is 0.293. The third-order valence-electron chi connectivity index (χ3n) is 5.38. The van der Waals surface area contributed by atoms with E-state index in [4.69, 9.17) is 28.2 Å². The molecular formula is C27H24Cl2N4O. The molecule has 0 saturated carbocycles. The fraction of sp³-hybridized carbons (Fsp3) is 0.148. The molecule has 0 bridgehead atoms. The van der Waals surface area contributed by atoms with Crippen LogP contribution in [0.1, 0.15) is 15.9 Å². The number of anilines is 1. The molecule has 1 N–H and O–H groups in total. The van der Waals surface area contributed by atoms with Crippen LogP contribution < -0.4 is 10.3 Å². The molecule has 0 radical (unpaired) electrons. The highest BCUT2D eigenvalue weighted by Gasteiger charge is 2.13. The quantitative estimate of drug-likeness (QED) is 0.179. The smallest absolute Gasteiger partial charge is 0.272 e. The zero-order chi connectivity index (χ0) is 23.8. The van der Waals surface area contributed by atoms with Crippen molar-refractivity contribution in [2.75, 3.05) is 29.7 Å². The maximum absolute atomic E-state index is 13.0. The van der Waals surface area contributed by atoms with E-state index in [1.807, 2.05) is 78.9 Å². The van der Waals surface area contributed by atoms with Crippen molar-refractivity contribution in [1.82, 2.24) is 10.4 Å². The predicted octanol–water partition coefficient (Wildman–Crippen LogP) is 5.95. The number of hydrogen-bond donors (Lipinski definition) is 1. The van der Waals surface area contributed by atoms with Crippen molar-refractivity contribution in [2.24, 2.45) is 5.10 Å². The molecule has 3 aromatic carbocycles. The largest absolute Gasteiger partial charge is 0.369 e. The lowest BCUT2D eigenvalue weighted by Gasteiger charge is -2.22. The van der Waals surface area contributed by atoms with Crippen LogP contribution in [-0.2, 0) is 0 Å². The minimum atomic E-state index is -0.293. The zero-order valence-corrected chi connectivity index (χ0v) is 20.0. The van der Waals surface area contributed by atoms with E-state index in [1.54, 1.807) is 12.3 Å². The second-order valence-corrected chi connectivity index (χ2v) is 8.35. The Bertz CT molecular complexity index is 1270. The van der Waals surface area contributed by atoms with Gasteiger partial charge in [0.05, 0.1) is 23.0 Å². The fourth-order valence-corrected chi connectivity index (χ4v) is 4.10. The molecule has 1 amide bonds. The summed E-state index contributed by atoms with van der Waals surface area (Å²) in [5.74, 6) is 0.767. The van der Waals surface area contributed by atoms with Gasteiger partial charge in [0.1, 0.15) is 0 Å². The van der Waals surface area contributed by atoms with Gasteiger partial charge in [-0.1, -0.05) is 60.7 Å². The monoisotopic (exact) mass is 490 g/mol. The summed E-state index contributed by atoms with van der Waals surface area (Å²) in [4.78, 5) is 19.9. The van der Waals surface area contributed by atoms with Gasteiger partial charge in [-0.05, 0) is 29.8 Å². The number of hydrazone groups is 1. The van der Waals surface area contributed by atoms with Crippen LogP contribution in [0.15, 0.2) is 90.0 Å². The number of rotatable bonds is 9. The molecule has 0 spiro atoms. The molecule has 0 aliphatic rings. The molecule has 0 atom stereocenters. The zero-order valence-electron chi connectivity index (χ0n) is 18.5. The summed E-state index contributed by atoms with van der Waals surface area (Å²) in [7, 11) is 0. The van der Waals surface area contributed by atoms with Gasteiger partial charge in [-0.2, -0.15) is 5.10 Å². The van der Waals surface area contributed by atoms with E-state index in [9.17, 15) is 4.79 Å². The number of hydrogen-bond acceptors (Lipinski definition) is 4. The van der Waals surface area contributed by atoms with Crippen LogP contribution in [0.25, 0.3) is 22.2 Å². The maximum atomic E-state index is 13.0. The lowest BCUT2D eigenvalue weighted by molar-refractivity contribution is 0.0956. The first-order chi connectivity index (χ1) is 16.7. The second kappa shape index (κ2) is 11.6. The molecule has 0 unspecified atom stereocenters. The molecule has 0 fully saturated rings. The number of halogens is 2. The van der Waals surface area contributed by atoms with Gasteiger partial charge in [-0.3, -0.25) is 4.79 Å². The molecule has 34 heavy (non-hydrogen) atoms. The summed E-state index contributed by atoms with van der Waals surface area (Å²) in [5.41, 5.74) is 7.53. The first-order valence-electron chi connectivity index (χ1n) is 10.9. The third-order valence-corrected chi connectivity index (χ3v) is 5.72. The van der Waals surface area contributed by atoms with Crippen LogP contribution in [0.5, 0.6) is 0 Å². The number of alkyl halides is 2. The lowest BCUT2D eigenvalue weighted by atomic mass is 10.0. The van der Waals surface area contributed by atoms with Gasteiger partial charge in [-0.15, -0.1) is 23.2 Å². The first kappa shape index (κ1) is 23.7. The number of pyridine rings is 1. The van der Waals surface area contributed by atoms with Crippen LogP contribution in [-0.4, -0.2) is 42.0 Å². The van der Waals surface area contributed by atoms with E-state index < -0.39 is 0 Å². The van der Waals surface area contributed by atoms with Crippen LogP contribution in [0, 0.1) is 0 Å². The normalized spacial score (nSPS) is 11.1. The molecule has 4 aromatic rings. The summed E-state index contributed by atoms with van der Waals surface area (Å²) in [5, 5.41) is 4.95. The molecule has 1 aromatic heterocycles. The van der Waals surface area contributed by atoms with Crippen molar-refractivity contribution >= 4 is 51.9 Å². The van der Waals surface area contributed by atoms with Gasteiger partial charge < -0.3 is 4.90 Å². The van der Waals surface area contributed by atoms with E-state index >= 15 is 0 Å². The van der Waals surface area contributed by atoms with Gasteiger partial charge in [0.2, 0.25) is 0 Å². The SMILES string of the molecule is O=C(N/N=C\c1ccc(N(CCCl)CCCl)cc1)c1cc(-c2ccccc2)nc2ccccc12. The molecule has 0 aliphatic heterocycles. The summed E-state index contributed by atoms with van der Waals surface area (Å²) in [6, 6.07) is 27.1. The number of fused-ring (bicyclic) bond motifs is 1. The number of para-hydroxylation sites is 1.